The molecule has 8 aromatic carbocycles. The topological polar surface area (TPSA) is 19.6 Å². The second kappa shape index (κ2) is 14.1. The van der Waals surface area contributed by atoms with E-state index in [4.69, 9.17) is 4.42 Å². The molecule has 3 nitrogen and oxygen atoms in total. The molecule has 0 atom stereocenters. The number of benzene rings is 8. The van der Waals surface area contributed by atoms with E-state index < -0.39 is 18.4 Å². The zero-order chi connectivity index (χ0) is 37.6. The molecule has 0 bridgehead atoms. The van der Waals surface area contributed by atoms with Gasteiger partial charge in [0.1, 0.15) is 0 Å². The molecule has 268 valence electrons. The van der Waals surface area contributed by atoms with Gasteiger partial charge < -0.3 is 0 Å². The minimum absolute atomic E-state index is 0.971. The predicted octanol–water partition coefficient (Wildman–Crippen LogP) is 13.5. The van der Waals surface area contributed by atoms with E-state index in [1.165, 1.54) is 34.8 Å². The second-order valence-corrected chi connectivity index (χ2v) is 27.2. The summed E-state index contributed by atoms with van der Waals surface area (Å²) in [5, 5.41) is 1.27. The molecule has 0 saturated heterocycles. The molecule has 1 aromatic heterocycles. The molecule has 0 N–H and O–H groups in total. The van der Waals surface area contributed by atoms with E-state index >= 15 is 0 Å². The van der Waals surface area contributed by atoms with Crippen molar-refractivity contribution >= 4 is 70.6 Å². The van der Waals surface area contributed by atoms with E-state index in [-0.39, 0.29) is 0 Å². The maximum absolute atomic E-state index is 6.89. The van der Waals surface area contributed by atoms with Crippen LogP contribution in [0.15, 0.2) is 211 Å². The Morgan fingerprint density at radius 3 is 1.20 bits per heavy atom. The molecule has 0 unspecified atom stereocenters. The van der Waals surface area contributed by atoms with E-state index in [0.717, 1.165) is 51.0 Å². The van der Waals surface area contributed by atoms with Crippen molar-refractivity contribution in [2.45, 2.75) is 9.88 Å². The summed E-state index contributed by atoms with van der Waals surface area (Å²) in [7, 11) is 0. The van der Waals surface area contributed by atoms with Gasteiger partial charge in [0, 0.05) is 0 Å². The van der Waals surface area contributed by atoms with Crippen LogP contribution >= 0.6 is 0 Å². The summed E-state index contributed by atoms with van der Waals surface area (Å²) in [6.45, 7) is 0. The van der Waals surface area contributed by atoms with Crippen LogP contribution in [-0.2, 0) is 0 Å². The zero-order valence-electron chi connectivity index (χ0n) is 31.4. The average Bonchev–Trinajstić information content (AvgIpc) is 3.75. The Morgan fingerprint density at radius 2 is 0.750 bits per heavy atom. The predicted molar refractivity (Wildman–Crippen MR) is 239 cm³/mol. The van der Waals surface area contributed by atoms with Crippen molar-refractivity contribution in [3.8, 4) is 33.6 Å². The van der Waals surface area contributed by atoms with Gasteiger partial charge in [0.15, 0.2) is 0 Å². The first kappa shape index (κ1) is 34.2. The Labute approximate surface area is 332 Å². The van der Waals surface area contributed by atoms with Crippen LogP contribution in [-0.4, -0.2) is 18.4 Å². The number of para-hydroxylation sites is 4. The number of anilines is 6. The maximum atomic E-state index is 6.89. The van der Waals surface area contributed by atoms with Crippen LogP contribution in [0.1, 0.15) is 0 Å². The Kier molecular flexibility index (Phi) is 8.60. The second-order valence-electron chi connectivity index (χ2n) is 15.0. The minimum atomic E-state index is -2.93. The van der Waals surface area contributed by atoms with Crippen molar-refractivity contribution < 1.29 is 4.42 Å². The first-order chi connectivity index (χ1) is 27.5. The Hall–Kier alpha value is -6.30. The van der Waals surface area contributed by atoms with Crippen LogP contribution in [0.3, 0.4) is 0 Å². The molecule has 0 saturated carbocycles. The number of hydrogen-bond acceptors (Lipinski definition) is 3. The van der Waals surface area contributed by atoms with Crippen LogP contribution in [0.4, 0.5) is 34.1 Å². The molecule has 2 heterocycles. The molecular formula is C52H40N2OSn. The number of rotatable bonds is 8. The molecule has 0 radical (unpaired) electrons. The van der Waals surface area contributed by atoms with E-state index in [0.29, 0.717) is 0 Å². The van der Waals surface area contributed by atoms with Crippen LogP contribution in [0.2, 0.25) is 9.88 Å². The molecule has 4 heteroatoms. The molecule has 0 amide bonds. The van der Waals surface area contributed by atoms with Crippen LogP contribution in [0, 0.1) is 0 Å². The van der Waals surface area contributed by atoms with Crippen molar-refractivity contribution in [1.82, 2.24) is 0 Å². The SMILES string of the molecule is [CH3][Sn]1([CH3])[c]2ccc(-c3ccc(N(c4ccccc4)c4ccccc4)cc3)cc2-c2oc3cc(-c4ccc(N(c5ccccc5)c5ccccc5)cc4)ccc3[c]21. The molecular weight excluding hydrogens is 787 g/mol. The van der Waals surface area contributed by atoms with E-state index in [1.807, 2.05) is 0 Å². The van der Waals surface area contributed by atoms with Gasteiger partial charge in [0.2, 0.25) is 0 Å². The van der Waals surface area contributed by atoms with Gasteiger partial charge in [-0.3, -0.25) is 0 Å². The van der Waals surface area contributed by atoms with Gasteiger partial charge in [-0.15, -0.1) is 0 Å². The van der Waals surface area contributed by atoms with Gasteiger partial charge in [-0.25, -0.2) is 0 Å². The fraction of sp³-hybridized carbons (Fsp3) is 0.0385. The molecule has 0 aliphatic carbocycles. The summed E-state index contributed by atoms with van der Waals surface area (Å²) in [5.41, 5.74) is 13.7. The average molecular weight is 828 g/mol. The number of nitrogens with zero attached hydrogens (tertiary/aromatic N) is 2. The molecule has 1 aliphatic heterocycles. The van der Waals surface area contributed by atoms with Crippen LogP contribution < -0.4 is 17.0 Å². The van der Waals surface area contributed by atoms with Crippen molar-refractivity contribution in [1.29, 1.82) is 0 Å². The van der Waals surface area contributed by atoms with Crippen molar-refractivity contribution in [2.24, 2.45) is 0 Å². The first-order valence-electron chi connectivity index (χ1n) is 19.3. The number of furan rings is 1. The normalized spacial score (nSPS) is 12.6. The summed E-state index contributed by atoms with van der Waals surface area (Å²) in [5.74, 6) is 1.07. The molecule has 10 rings (SSSR count). The number of hydrogen-bond donors (Lipinski definition) is 0. The molecule has 0 spiro atoms. The third-order valence-corrected chi connectivity index (χ3v) is 21.3. The Balaban J connectivity index is 0.971. The third-order valence-electron chi connectivity index (χ3n) is 11.2. The van der Waals surface area contributed by atoms with Crippen molar-refractivity contribution in [2.75, 3.05) is 9.80 Å². The van der Waals surface area contributed by atoms with E-state index in [1.54, 1.807) is 0 Å². The van der Waals surface area contributed by atoms with Gasteiger partial charge in [0.25, 0.3) is 0 Å². The van der Waals surface area contributed by atoms with Gasteiger partial charge in [0.05, 0.1) is 0 Å². The third kappa shape index (κ3) is 6.00. The van der Waals surface area contributed by atoms with E-state index in [2.05, 4.69) is 226 Å². The van der Waals surface area contributed by atoms with Gasteiger partial charge in [-0.1, -0.05) is 48.5 Å². The van der Waals surface area contributed by atoms with Gasteiger partial charge >= 0.3 is 286 Å². The van der Waals surface area contributed by atoms with Gasteiger partial charge in [-0.05, 0) is 0 Å². The molecule has 0 fully saturated rings. The van der Waals surface area contributed by atoms with Crippen LogP contribution in [0.5, 0.6) is 0 Å². The fourth-order valence-corrected chi connectivity index (χ4v) is 17.8. The quantitative estimate of drug-likeness (QED) is 0.142. The van der Waals surface area contributed by atoms with Crippen molar-refractivity contribution in [3.05, 3.63) is 206 Å². The monoisotopic (exact) mass is 828 g/mol. The summed E-state index contributed by atoms with van der Waals surface area (Å²) in [4.78, 5) is 9.66. The van der Waals surface area contributed by atoms with Crippen molar-refractivity contribution in [3.63, 3.8) is 0 Å². The van der Waals surface area contributed by atoms with Gasteiger partial charge in [-0.2, -0.15) is 0 Å². The molecule has 9 aromatic rings. The molecule has 1 aliphatic rings. The zero-order valence-corrected chi connectivity index (χ0v) is 34.3. The summed E-state index contributed by atoms with van der Waals surface area (Å²) < 4.78 is 9.87. The first-order valence-corrected chi connectivity index (χ1v) is 27.8. The fourth-order valence-electron chi connectivity index (χ4n) is 8.49. The summed E-state index contributed by atoms with van der Waals surface area (Å²) in [6, 6.07) is 73.9. The molecule has 56 heavy (non-hydrogen) atoms. The summed E-state index contributed by atoms with van der Waals surface area (Å²) >= 11 is -2.93. The van der Waals surface area contributed by atoms with E-state index in [9.17, 15) is 0 Å². The number of fused-ring (bicyclic) bond motifs is 5. The summed E-state index contributed by atoms with van der Waals surface area (Å²) in [6.07, 6.45) is 0. The van der Waals surface area contributed by atoms with Crippen LogP contribution in [0.25, 0.3) is 44.5 Å². The standard InChI is InChI=1S/C50H34N2O.2CH3.Sn/c1-5-16-43(17-6-1)51(44-18-7-2-8-19-44)47-30-26-37(27-31-47)39-14-13-15-41(34-39)50-36-42-25-24-40(35-49(42)53-50)38-28-32-48(33-29-38)52(45-20-9-3-10-21-45)46-22-11-4-12-23-46;;;/h1-14,16-35H;2*1H3;. The Morgan fingerprint density at radius 1 is 0.375 bits per heavy atom. The Bertz CT molecular complexity index is 2720.